The third-order valence-corrected chi connectivity index (χ3v) is 6.03. The molecule has 0 spiro atoms. The molecule has 1 saturated heterocycles. The van der Waals surface area contributed by atoms with Crippen LogP contribution in [0.5, 0.6) is 0 Å². The molecule has 1 atom stereocenters. The van der Waals surface area contributed by atoms with Crippen LogP contribution in [0.4, 0.5) is 17.1 Å². The Kier molecular flexibility index (Phi) is 9.26. The van der Waals surface area contributed by atoms with Gasteiger partial charge in [-0.1, -0.05) is 36.4 Å². The van der Waals surface area contributed by atoms with Gasteiger partial charge in [0.15, 0.2) is 0 Å². The molecule has 4 N–H and O–H groups in total. The molecule has 1 heterocycles. The second-order valence-electron chi connectivity index (χ2n) is 8.94. The first-order chi connectivity index (χ1) is 18.0. The normalized spacial score (nSPS) is 14.5. The SMILES string of the molecule is O=C(CCc1ccccc1)Nc1ccc(NCC(=O)Nc2cccc(C(=O)NCC3CCCO3)c2)cc1. The Labute approximate surface area is 216 Å². The van der Waals surface area contributed by atoms with Gasteiger partial charge in [0.2, 0.25) is 11.8 Å². The lowest BCUT2D eigenvalue weighted by atomic mass is 10.1. The van der Waals surface area contributed by atoms with Gasteiger partial charge in [0.1, 0.15) is 0 Å². The number of rotatable bonds is 11. The molecule has 0 aliphatic carbocycles. The second kappa shape index (κ2) is 13.2. The highest BCUT2D eigenvalue weighted by atomic mass is 16.5. The zero-order valence-corrected chi connectivity index (χ0v) is 20.7. The van der Waals surface area contributed by atoms with Crippen LogP contribution in [0.15, 0.2) is 78.9 Å². The molecule has 0 saturated carbocycles. The van der Waals surface area contributed by atoms with Gasteiger partial charge >= 0.3 is 0 Å². The summed E-state index contributed by atoms with van der Waals surface area (Å²) >= 11 is 0. The first-order valence-corrected chi connectivity index (χ1v) is 12.5. The number of anilines is 3. The van der Waals surface area contributed by atoms with Crippen molar-refractivity contribution in [3.63, 3.8) is 0 Å². The monoisotopic (exact) mass is 500 g/mol. The van der Waals surface area contributed by atoms with Crippen LogP contribution < -0.4 is 21.3 Å². The van der Waals surface area contributed by atoms with E-state index < -0.39 is 0 Å². The van der Waals surface area contributed by atoms with Gasteiger partial charge in [-0.05, 0) is 67.3 Å². The van der Waals surface area contributed by atoms with Crippen LogP contribution in [0.1, 0.15) is 35.2 Å². The molecule has 4 rings (SSSR count). The number of ether oxygens (including phenoxy) is 1. The Morgan fingerprint density at radius 1 is 0.811 bits per heavy atom. The van der Waals surface area contributed by atoms with Crippen LogP contribution in [0.3, 0.4) is 0 Å². The molecule has 3 aromatic rings. The van der Waals surface area contributed by atoms with Crippen LogP contribution in [-0.2, 0) is 20.7 Å². The fraction of sp³-hybridized carbons (Fsp3) is 0.276. The molecular weight excluding hydrogens is 468 g/mol. The van der Waals surface area contributed by atoms with Gasteiger partial charge in [0.25, 0.3) is 5.91 Å². The number of nitrogens with one attached hydrogen (secondary N) is 4. The Bertz CT molecular complexity index is 1190. The molecule has 0 bridgehead atoms. The zero-order chi connectivity index (χ0) is 25.9. The maximum Gasteiger partial charge on any atom is 0.251 e. The molecule has 3 aromatic carbocycles. The third kappa shape index (κ3) is 8.47. The standard InChI is InChI=1S/C29H32N4O4/c34-27(16-11-21-6-2-1-3-7-21)32-24-14-12-23(13-15-24)30-20-28(35)33-25-9-4-8-22(18-25)29(36)31-19-26-10-5-17-37-26/h1-4,6-9,12-15,18,26,30H,5,10-11,16-17,19-20H2,(H,31,36)(H,32,34)(H,33,35). The molecule has 8 nitrogen and oxygen atoms in total. The van der Waals surface area contributed by atoms with E-state index in [2.05, 4.69) is 21.3 Å². The highest BCUT2D eigenvalue weighted by Crippen LogP contribution is 2.15. The molecule has 1 unspecified atom stereocenters. The molecule has 8 heteroatoms. The van der Waals surface area contributed by atoms with Crippen LogP contribution in [0.2, 0.25) is 0 Å². The van der Waals surface area contributed by atoms with Crippen molar-refractivity contribution in [2.45, 2.75) is 31.8 Å². The summed E-state index contributed by atoms with van der Waals surface area (Å²) in [5.74, 6) is -0.487. The topological polar surface area (TPSA) is 109 Å². The molecule has 0 aromatic heterocycles. The maximum absolute atomic E-state index is 12.4. The summed E-state index contributed by atoms with van der Waals surface area (Å²) in [6.45, 7) is 1.28. The largest absolute Gasteiger partial charge is 0.376 e. The average Bonchev–Trinajstić information content (AvgIpc) is 3.45. The van der Waals surface area contributed by atoms with Crippen molar-refractivity contribution in [3.05, 3.63) is 90.0 Å². The quantitative estimate of drug-likeness (QED) is 0.315. The van der Waals surface area contributed by atoms with Gasteiger partial charge in [-0.2, -0.15) is 0 Å². The lowest BCUT2D eigenvalue weighted by Gasteiger charge is -2.12. The van der Waals surface area contributed by atoms with Crippen molar-refractivity contribution in [1.82, 2.24) is 5.32 Å². The summed E-state index contributed by atoms with van der Waals surface area (Å²) in [7, 11) is 0. The first kappa shape index (κ1) is 25.9. The van der Waals surface area contributed by atoms with Gasteiger partial charge in [-0.15, -0.1) is 0 Å². The molecular formula is C29H32N4O4. The van der Waals surface area contributed by atoms with E-state index in [1.165, 1.54) is 0 Å². The molecule has 1 aliphatic rings. The van der Waals surface area contributed by atoms with E-state index in [-0.39, 0.29) is 30.4 Å². The smallest absolute Gasteiger partial charge is 0.251 e. The lowest BCUT2D eigenvalue weighted by molar-refractivity contribution is -0.116. The van der Waals surface area contributed by atoms with Crippen molar-refractivity contribution in [3.8, 4) is 0 Å². The van der Waals surface area contributed by atoms with Gasteiger partial charge in [0, 0.05) is 42.2 Å². The van der Waals surface area contributed by atoms with Crippen LogP contribution >= 0.6 is 0 Å². The fourth-order valence-electron chi connectivity index (χ4n) is 4.04. The summed E-state index contributed by atoms with van der Waals surface area (Å²) in [6.07, 6.45) is 3.14. The van der Waals surface area contributed by atoms with E-state index in [4.69, 9.17) is 4.74 Å². The number of hydrogen-bond donors (Lipinski definition) is 4. The Hall–Kier alpha value is -4.17. The number of hydrogen-bond acceptors (Lipinski definition) is 5. The van der Waals surface area contributed by atoms with Crippen molar-refractivity contribution < 1.29 is 19.1 Å². The van der Waals surface area contributed by atoms with Crippen LogP contribution in [0.25, 0.3) is 0 Å². The Morgan fingerprint density at radius 2 is 1.57 bits per heavy atom. The number of carbonyl (C=O) groups excluding carboxylic acids is 3. The molecule has 1 aliphatic heterocycles. The minimum Gasteiger partial charge on any atom is -0.376 e. The Balaban J connectivity index is 1.19. The first-order valence-electron chi connectivity index (χ1n) is 12.5. The van der Waals surface area contributed by atoms with Crippen LogP contribution in [-0.4, -0.2) is 43.5 Å². The van der Waals surface area contributed by atoms with Crippen molar-refractivity contribution in [2.75, 3.05) is 35.6 Å². The lowest BCUT2D eigenvalue weighted by Crippen LogP contribution is -2.31. The number of amides is 3. The van der Waals surface area contributed by atoms with Crippen molar-refractivity contribution in [2.24, 2.45) is 0 Å². The molecule has 3 amide bonds. The van der Waals surface area contributed by atoms with E-state index in [1.54, 1.807) is 48.5 Å². The second-order valence-corrected chi connectivity index (χ2v) is 8.94. The van der Waals surface area contributed by atoms with E-state index in [0.29, 0.717) is 36.3 Å². The van der Waals surface area contributed by atoms with Crippen LogP contribution in [0, 0.1) is 0 Å². The molecule has 1 fully saturated rings. The minimum absolute atomic E-state index is 0.0493. The van der Waals surface area contributed by atoms with E-state index >= 15 is 0 Å². The van der Waals surface area contributed by atoms with Crippen molar-refractivity contribution >= 4 is 34.8 Å². The van der Waals surface area contributed by atoms with Gasteiger partial charge in [-0.25, -0.2) is 0 Å². The number of aryl methyl sites for hydroxylation is 1. The Morgan fingerprint density at radius 3 is 2.32 bits per heavy atom. The molecule has 37 heavy (non-hydrogen) atoms. The fourth-order valence-corrected chi connectivity index (χ4v) is 4.04. The van der Waals surface area contributed by atoms with Gasteiger partial charge in [0.05, 0.1) is 12.6 Å². The third-order valence-electron chi connectivity index (χ3n) is 6.03. The van der Waals surface area contributed by atoms with Gasteiger partial charge in [-0.3, -0.25) is 14.4 Å². The highest BCUT2D eigenvalue weighted by molar-refractivity contribution is 5.98. The predicted molar refractivity (Wildman–Crippen MR) is 145 cm³/mol. The summed E-state index contributed by atoms with van der Waals surface area (Å²) in [5, 5.41) is 11.6. The average molecular weight is 501 g/mol. The van der Waals surface area contributed by atoms with E-state index in [1.807, 2.05) is 30.3 Å². The summed E-state index contributed by atoms with van der Waals surface area (Å²) in [6, 6.07) is 23.9. The summed E-state index contributed by atoms with van der Waals surface area (Å²) in [4.78, 5) is 37.1. The number of carbonyl (C=O) groups is 3. The van der Waals surface area contributed by atoms with Gasteiger partial charge < -0.3 is 26.0 Å². The maximum atomic E-state index is 12.4. The van der Waals surface area contributed by atoms with E-state index in [0.717, 1.165) is 30.7 Å². The predicted octanol–water partition coefficient (Wildman–Crippen LogP) is 4.22. The van der Waals surface area contributed by atoms with E-state index in [9.17, 15) is 14.4 Å². The zero-order valence-electron chi connectivity index (χ0n) is 20.7. The highest BCUT2D eigenvalue weighted by Gasteiger charge is 2.17. The molecule has 0 radical (unpaired) electrons. The summed E-state index contributed by atoms with van der Waals surface area (Å²) < 4.78 is 5.53. The molecule has 192 valence electrons. The number of benzene rings is 3. The minimum atomic E-state index is -0.241. The summed E-state index contributed by atoms with van der Waals surface area (Å²) in [5.41, 5.74) is 3.59. The van der Waals surface area contributed by atoms with Crippen molar-refractivity contribution in [1.29, 1.82) is 0 Å².